The molecule has 0 atom stereocenters. The predicted molar refractivity (Wildman–Crippen MR) is 100 cm³/mol. The van der Waals surface area contributed by atoms with Crippen LogP contribution in [-0.2, 0) is 0 Å². The maximum Gasteiger partial charge on any atom is 0.573 e. The first-order chi connectivity index (χ1) is 13.2. The molecule has 0 unspecified atom stereocenters. The van der Waals surface area contributed by atoms with Crippen LogP contribution in [0, 0.1) is 17.6 Å². The van der Waals surface area contributed by atoms with Gasteiger partial charge in [0.05, 0.1) is 0 Å². The highest BCUT2D eigenvalue weighted by molar-refractivity contribution is 5.65. The van der Waals surface area contributed by atoms with Crippen LogP contribution in [0.1, 0.15) is 57.9 Å². The lowest BCUT2D eigenvalue weighted by atomic mass is 9.79. The molecule has 2 aromatic carbocycles. The predicted octanol–water partition coefficient (Wildman–Crippen LogP) is 7.85. The average Bonchev–Trinajstić information content (AvgIpc) is 2.67. The highest BCUT2D eigenvalue weighted by atomic mass is 19.4. The summed E-state index contributed by atoms with van der Waals surface area (Å²) in [5.41, 5.74) is 1.47. The molecule has 0 spiro atoms. The zero-order valence-electron chi connectivity index (χ0n) is 16.2. The van der Waals surface area contributed by atoms with Crippen LogP contribution in [0.15, 0.2) is 36.4 Å². The lowest BCUT2D eigenvalue weighted by molar-refractivity contribution is -0.275. The van der Waals surface area contributed by atoms with Gasteiger partial charge in [-0.1, -0.05) is 57.9 Å². The van der Waals surface area contributed by atoms with Crippen LogP contribution in [0.5, 0.6) is 5.75 Å². The SMILES string of the molecule is CC.CC1CCC(c2ccc(-c3ccc(OC(F)(F)F)c(F)c3F)cc2)CC1. The van der Waals surface area contributed by atoms with Crippen molar-refractivity contribution < 1.29 is 26.7 Å². The Morgan fingerprint density at radius 3 is 1.93 bits per heavy atom. The first kappa shape index (κ1) is 22.2. The van der Waals surface area contributed by atoms with Gasteiger partial charge in [0.1, 0.15) is 0 Å². The smallest absolute Gasteiger partial charge is 0.403 e. The van der Waals surface area contributed by atoms with Gasteiger partial charge in [-0.25, -0.2) is 4.39 Å². The molecule has 0 bridgehead atoms. The molecule has 1 aliphatic carbocycles. The molecule has 0 heterocycles. The summed E-state index contributed by atoms with van der Waals surface area (Å²) in [5, 5.41) is 0. The number of rotatable bonds is 3. The molecule has 28 heavy (non-hydrogen) atoms. The first-order valence-electron chi connectivity index (χ1n) is 9.58. The highest BCUT2D eigenvalue weighted by Crippen LogP contribution is 2.37. The van der Waals surface area contributed by atoms with Crippen LogP contribution in [-0.4, -0.2) is 6.36 Å². The highest BCUT2D eigenvalue weighted by Gasteiger charge is 2.33. The van der Waals surface area contributed by atoms with Crippen molar-refractivity contribution in [3.05, 3.63) is 53.6 Å². The topological polar surface area (TPSA) is 9.23 Å². The van der Waals surface area contributed by atoms with E-state index in [-0.39, 0.29) is 5.56 Å². The second kappa shape index (κ2) is 9.39. The van der Waals surface area contributed by atoms with Crippen LogP contribution in [0.25, 0.3) is 11.1 Å². The molecule has 0 saturated heterocycles. The van der Waals surface area contributed by atoms with Gasteiger partial charge in [0.25, 0.3) is 0 Å². The Kier molecular flexibility index (Phi) is 7.44. The largest absolute Gasteiger partial charge is 0.573 e. The molecule has 3 rings (SSSR count). The third-order valence-electron chi connectivity index (χ3n) is 4.98. The van der Waals surface area contributed by atoms with E-state index in [0.717, 1.165) is 36.5 Å². The van der Waals surface area contributed by atoms with Gasteiger partial charge >= 0.3 is 6.36 Å². The van der Waals surface area contributed by atoms with Crippen LogP contribution in [0.3, 0.4) is 0 Å². The van der Waals surface area contributed by atoms with E-state index in [4.69, 9.17) is 0 Å². The Hall–Kier alpha value is -2.11. The van der Waals surface area contributed by atoms with Crippen LogP contribution in [0.2, 0.25) is 0 Å². The van der Waals surface area contributed by atoms with Gasteiger partial charge in [-0.05, 0) is 47.9 Å². The molecule has 0 N–H and O–H groups in total. The molecule has 154 valence electrons. The van der Waals surface area contributed by atoms with Crippen molar-refractivity contribution in [1.29, 1.82) is 0 Å². The van der Waals surface area contributed by atoms with E-state index in [0.29, 0.717) is 11.5 Å². The van der Waals surface area contributed by atoms with Crippen molar-refractivity contribution in [2.45, 2.75) is 58.7 Å². The van der Waals surface area contributed by atoms with Crippen LogP contribution in [0.4, 0.5) is 22.0 Å². The summed E-state index contributed by atoms with van der Waals surface area (Å²) in [6.07, 6.45) is -0.520. The zero-order chi connectivity index (χ0) is 20.9. The quantitative estimate of drug-likeness (QED) is 0.477. The number of ether oxygens (including phenoxy) is 1. The maximum atomic E-state index is 14.2. The third kappa shape index (κ3) is 5.46. The van der Waals surface area contributed by atoms with Crippen LogP contribution >= 0.6 is 0 Å². The molecule has 1 fully saturated rings. The number of alkyl halides is 3. The molecule has 0 aliphatic heterocycles. The molecule has 2 aromatic rings. The van der Waals surface area contributed by atoms with E-state index >= 15 is 0 Å². The molecule has 6 heteroatoms. The molecule has 1 nitrogen and oxygen atoms in total. The van der Waals surface area contributed by atoms with Crippen molar-refractivity contribution in [2.75, 3.05) is 0 Å². The summed E-state index contributed by atoms with van der Waals surface area (Å²) in [5.74, 6) is -2.98. The van der Waals surface area contributed by atoms with E-state index in [1.165, 1.54) is 12.8 Å². The maximum absolute atomic E-state index is 14.2. The van der Waals surface area contributed by atoms with E-state index in [1.807, 2.05) is 26.0 Å². The van der Waals surface area contributed by atoms with E-state index in [2.05, 4.69) is 11.7 Å². The van der Waals surface area contributed by atoms with E-state index in [1.54, 1.807) is 12.1 Å². The number of hydrogen-bond donors (Lipinski definition) is 0. The van der Waals surface area contributed by atoms with Gasteiger partial charge in [-0.3, -0.25) is 0 Å². The summed E-state index contributed by atoms with van der Waals surface area (Å²) in [4.78, 5) is 0. The van der Waals surface area contributed by atoms with Gasteiger partial charge in [0, 0.05) is 5.56 Å². The van der Waals surface area contributed by atoms with Gasteiger partial charge < -0.3 is 4.74 Å². The first-order valence-corrected chi connectivity index (χ1v) is 9.58. The van der Waals surface area contributed by atoms with Gasteiger partial charge in [-0.2, -0.15) is 4.39 Å². The summed E-state index contributed by atoms with van der Waals surface area (Å²) >= 11 is 0. The zero-order valence-corrected chi connectivity index (χ0v) is 16.2. The van der Waals surface area contributed by atoms with E-state index in [9.17, 15) is 22.0 Å². The van der Waals surface area contributed by atoms with Gasteiger partial charge in [-0.15, -0.1) is 13.2 Å². The van der Waals surface area contributed by atoms with Crippen molar-refractivity contribution >= 4 is 0 Å². The number of benzene rings is 2. The fraction of sp³-hybridized carbons (Fsp3) is 0.455. The van der Waals surface area contributed by atoms with Gasteiger partial charge in [0.15, 0.2) is 11.6 Å². The minimum atomic E-state index is -5.08. The Morgan fingerprint density at radius 1 is 0.821 bits per heavy atom. The lowest BCUT2D eigenvalue weighted by Gasteiger charge is -2.26. The monoisotopic (exact) mass is 400 g/mol. The lowest BCUT2D eigenvalue weighted by Crippen LogP contribution is -2.18. The minimum absolute atomic E-state index is 0.0964. The Morgan fingerprint density at radius 2 is 1.39 bits per heavy atom. The fourth-order valence-corrected chi connectivity index (χ4v) is 3.49. The average molecular weight is 400 g/mol. The number of hydrogen-bond acceptors (Lipinski definition) is 1. The standard InChI is InChI=1S/C20H19F5O.C2H6/c1-12-2-4-13(5-3-12)14-6-8-15(9-7-14)16-10-11-17(19(22)18(16)21)26-20(23,24)25;1-2/h6-13H,2-5H2,1H3;1-2H3. The second-order valence-electron chi connectivity index (χ2n) is 6.87. The molecular formula is C22H25F5O. The molecular weight excluding hydrogens is 375 g/mol. The van der Waals surface area contributed by atoms with Crippen molar-refractivity contribution in [1.82, 2.24) is 0 Å². The minimum Gasteiger partial charge on any atom is -0.403 e. The Bertz CT molecular complexity index is 760. The third-order valence-corrected chi connectivity index (χ3v) is 4.98. The summed E-state index contributed by atoms with van der Waals surface area (Å²) in [6, 6.07) is 9.00. The molecule has 0 amide bonds. The second-order valence-corrected chi connectivity index (χ2v) is 6.87. The van der Waals surface area contributed by atoms with Gasteiger partial charge in [0.2, 0.25) is 5.82 Å². The molecule has 1 aliphatic rings. The van der Waals surface area contributed by atoms with Crippen molar-refractivity contribution in [2.24, 2.45) is 5.92 Å². The van der Waals surface area contributed by atoms with Crippen LogP contribution < -0.4 is 4.74 Å². The summed E-state index contributed by atoms with van der Waals surface area (Å²) in [7, 11) is 0. The summed E-state index contributed by atoms with van der Waals surface area (Å²) < 4.78 is 68.2. The molecule has 0 aromatic heterocycles. The molecule has 0 radical (unpaired) electrons. The van der Waals surface area contributed by atoms with E-state index < -0.39 is 23.7 Å². The summed E-state index contributed by atoms with van der Waals surface area (Å²) in [6.45, 7) is 6.24. The van der Waals surface area contributed by atoms with Crippen molar-refractivity contribution in [3.8, 4) is 16.9 Å². The Balaban J connectivity index is 0.00000136. The fourth-order valence-electron chi connectivity index (χ4n) is 3.49. The van der Waals surface area contributed by atoms with Crippen molar-refractivity contribution in [3.63, 3.8) is 0 Å². The normalized spacial score (nSPS) is 19.6. The molecule has 1 saturated carbocycles. The Labute approximate surface area is 162 Å². The number of halogens is 5.